The molecule has 0 spiro atoms. The Bertz CT molecular complexity index is 430. The first-order chi connectivity index (χ1) is 9.12. The summed E-state index contributed by atoms with van der Waals surface area (Å²) >= 11 is 3.48. The van der Waals surface area contributed by atoms with Gasteiger partial charge in [-0.3, -0.25) is 0 Å². The summed E-state index contributed by atoms with van der Waals surface area (Å²) in [5.74, 6) is 1.36. The molecule has 0 aromatic carbocycles. The Morgan fingerprint density at radius 1 is 1.47 bits per heavy atom. The lowest BCUT2D eigenvalue weighted by Crippen LogP contribution is -2.48. The molecule has 1 aliphatic heterocycles. The molecule has 5 nitrogen and oxygen atoms in total. The highest BCUT2D eigenvalue weighted by Gasteiger charge is 2.26. The van der Waals surface area contributed by atoms with Crippen LogP contribution in [0.15, 0.2) is 6.07 Å². The third kappa shape index (κ3) is 3.79. The van der Waals surface area contributed by atoms with Gasteiger partial charge in [-0.2, -0.15) is 4.98 Å². The Morgan fingerprint density at radius 3 is 2.95 bits per heavy atom. The summed E-state index contributed by atoms with van der Waals surface area (Å²) in [6, 6.07) is 1.86. The lowest BCUT2D eigenvalue weighted by atomic mass is 10.2. The van der Waals surface area contributed by atoms with E-state index >= 15 is 0 Å². The van der Waals surface area contributed by atoms with Crippen LogP contribution in [-0.4, -0.2) is 47.2 Å². The van der Waals surface area contributed by atoms with Crippen LogP contribution in [0.25, 0.3) is 0 Å². The van der Waals surface area contributed by atoms with Gasteiger partial charge in [0.15, 0.2) is 0 Å². The van der Waals surface area contributed by atoms with Crippen molar-refractivity contribution < 1.29 is 9.47 Å². The Balaban J connectivity index is 2.20. The van der Waals surface area contributed by atoms with Gasteiger partial charge in [0.05, 0.1) is 18.8 Å². The number of aromatic nitrogens is 2. The zero-order chi connectivity index (χ0) is 13.8. The smallest absolute Gasteiger partial charge is 0.229 e. The van der Waals surface area contributed by atoms with Crippen molar-refractivity contribution >= 4 is 21.9 Å². The summed E-state index contributed by atoms with van der Waals surface area (Å²) in [6.45, 7) is 8.19. The minimum Gasteiger partial charge on any atom is -0.478 e. The third-order valence-corrected chi connectivity index (χ3v) is 3.61. The molecule has 0 N–H and O–H groups in total. The number of hydrogen-bond donors (Lipinski definition) is 0. The standard InChI is InChI=1S/C13H20BrN3O2/c1-4-18-12-5-9(2)15-13(16-12)17-7-10(3)19-11(6-14)8-17/h5,10-11H,4,6-8H2,1-3H3. The van der Waals surface area contributed by atoms with Crippen LogP contribution < -0.4 is 9.64 Å². The number of halogens is 1. The average Bonchev–Trinajstić information content (AvgIpc) is 2.37. The molecule has 1 aromatic rings. The van der Waals surface area contributed by atoms with Crippen molar-refractivity contribution in [1.82, 2.24) is 9.97 Å². The summed E-state index contributed by atoms with van der Waals surface area (Å²) in [5, 5.41) is 0.817. The normalized spacial score (nSPS) is 23.5. The molecule has 0 saturated carbocycles. The molecule has 2 rings (SSSR count). The second kappa shape index (κ2) is 6.52. The molecule has 1 aromatic heterocycles. The third-order valence-electron chi connectivity index (χ3n) is 2.89. The van der Waals surface area contributed by atoms with Crippen molar-refractivity contribution in [2.45, 2.75) is 33.0 Å². The van der Waals surface area contributed by atoms with Crippen LogP contribution >= 0.6 is 15.9 Å². The Morgan fingerprint density at radius 2 is 2.26 bits per heavy atom. The number of ether oxygens (including phenoxy) is 2. The van der Waals surface area contributed by atoms with Crippen LogP contribution in [0.5, 0.6) is 5.88 Å². The van der Waals surface area contributed by atoms with E-state index in [1.165, 1.54) is 0 Å². The molecular formula is C13H20BrN3O2. The highest BCUT2D eigenvalue weighted by Crippen LogP contribution is 2.20. The molecule has 0 amide bonds. The SMILES string of the molecule is CCOc1cc(C)nc(N2CC(C)OC(CBr)C2)n1. The monoisotopic (exact) mass is 329 g/mol. The molecule has 1 fully saturated rings. The van der Waals surface area contributed by atoms with Gasteiger partial charge in [-0.05, 0) is 20.8 Å². The fourth-order valence-electron chi connectivity index (χ4n) is 2.18. The molecule has 106 valence electrons. The van der Waals surface area contributed by atoms with Crippen molar-refractivity contribution in [3.8, 4) is 5.88 Å². The van der Waals surface area contributed by atoms with E-state index < -0.39 is 0 Å². The minimum absolute atomic E-state index is 0.170. The number of aryl methyl sites for hydroxylation is 1. The van der Waals surface area contributed by atoms with Crippen molar-refractivity contribution in [2.75, 3.05) is 29.9 Å². The van der Waals surface area contributed by atoms with Gasteiger partial charge in [0.2, 0.25) is 11.8 Å². The quantitative estimate of drug-likeness (QED) is 0.792. The van der Waals surface area contributed by atoms with E-state index in [2.05, 4.69) is 37.7 Å². The molecule has 1 aliphatic rings. The zero-order valence-electron chi connectivity index (χ0n) is 11.6. The van der Waals surface area contributed by atoms with Crippen molar-refractivity contribution in [2.24, 2.45) is 0 Å². The van der Waals surface area contributed by atoms with Crippen LogP contribution in [0.4, 0.5) is 5.95 Å². The Hall–Kier alpha value is -0.880. The largest absolute Gasteiger partial charge is 0.478 e. The second-order valence-corrected chi connectivity index (χ2v) is 5.36. The van der Waals surface area contributed by atoms with Crippen LogP contribution in [-0.2, 0) is 4.74 Å². The first-order valence-electron chi connectivity index (χ1n) is 6.57. The van der Waals surface area contributed by atoms with Crippen molar-refractivity contribution in [3.05, 3.63) is 11.8 Å². The molecule has 2 atom stereocenters. The van der Waals surface area contributed by atoms with E-state index in [1.54, 1.807) is 0 Å². The van der Waals surface area contributed by atoms with Gasteiger partial charge in [-0.15, -0.1) is 0 Å². The highest BCUT2D eigenvalue weighted by atomic mass is 79.9. The van der Waals surface area contributed by atoms with Crippen LogP contribution in [0.3, 0.4) is 0 Å². The Labute approximate surface area is 122 Å². The molecule has 2 unspecified atom stereocenters. The number of alkyl halides is 1. The summed E-state index contributed by atoms with van der Waals surface area (Å²) in [6.07, 6.45) is 0.347. The predicted octanol–water partition coefficient (Wildman–Crippen LogP) is 2.17. The fourth-order valence-corrected chi connectivity index (χ4v) is 2.54. The lowest BCUT2D eigenvalue weighted by molar-refractivity contribution is -0.00254. The van der Waals surface area contributed by atoms with E-state index in [0.29, 0.717) is 12.5 Å². The van der Waals surface area contributed by atoms with Crippen molar-refractivity contribution in [3.63, 3.8) is 0 Å². The van der Waals surface area contributed by atoms with Gasteiger partial charge in [0.1, 0.15) is 0 Å². The molecule has 19 heavy (non-hydrogen) atoms. The first kappa shape index (κ1) is 14.5. The molecule has 1 saturated heterocycles. The average molecular weight is 330 g/mol. The maximum atomic E-state index is 5.82. The second-order valence-electron chi connectivity index (χ2n) is 4.71. The van der Waals surface area contributed by atoms with E-state index in [-0.39, 0.29) is 12.2 Å². The highest BCUT2D eigenvalue weighted by molar-refractivity contribution is 9.09. The van der Waals surface area contributed by atoms with Gasteiger partial charge < -0.3 is 14.4 Å². The van der Waals surface area contributed by atoms with E-state index in [0.717, 1.165) is 30.1 Å². The fraction of sp³-hybridized carbons (Fsp3) is 0.692. The maximum Gasteiger partial charge on any atom is 0.229 e. The molecule has 6 heteroatoms. The van der Waals surface area contributed by atoms with Crippen LogP contribution in [0.2, 0.25) is 0 Å². The summed E-state index contributed by atoms with van der Waals surface area (Å²) < 4.78 is 11.3. The summed E-state index contributed by atoms with van der Waals surface area (Å²) in [4.78, 5) is 11.1. The molecular weight excluding hydrogens is 310 g/mol. The molecule has 2 heterocycles. The van der Waals surface area contributed by atoms with E-state index in [1.807, 2.05) is 19.9 Å². The van der Waals surface area contributed by atoms with Gasteiger partial charge in [0, 0.05) is 30.2 Å². The number of anilines is 1. The Kier molecular flexibility index (Phi) is 4.99. The van der Waals surface area contributed by atoms with Crippen LogP contribution in [0.1, 0.15) is 19.5 Å². The van der Waals surface area contributed by atoms with E-state index in [9.17, 15) is 0 Å². The predicted molar refractivity (Wildman–Crippen MR) is 78.3 cm³/mol. The van der Waals surface area contributed by atoms with Crippen LogP contribution in [0, 0.1) is 6.92 Å². The van der Waals surface area contributed by atoms with Gasteiger partial charge in [-0.1, -0.05) is 15.9 Å². The molecule has 0 radical (unpaired) electrons. The lowest BCUT2D eigenvalue weighted by Gasteiger charge is -2.36. The molecule has 0 bridgehead atoms. The molecule has 0 aliphatic carbocycles. The zero-order valence-corrected chi connectivity index (χ0v) is 13.2. The number of hydrogen-bond acceptors (Lipinski definition) is 5. The summed E-state index contributed by atoms with van der Waals surface area (Å²) in [7, 11) is 0. The van der Waals surface area contributed by atoms with Gasteiger partial charge >= 0.3 is 0 Å². The maximum absolute atomic E-state index is 5.82. The first-order valence-corrected chi connectivity index (χ1v) is 7.69. The minimum atomic E-state index is 0.170. The number of morpholine rings is 1. The number of rotatable bonds is 4. The van der Waals surface area contributed by atoms with Crippen molar-refractivity contribution in [1.29, 1.82) is 0 Å². The van der Waals surface area contributed by atoms with Gasteiger partial charge in [0.25, 0.3) is 0 Å². The van der Waals surface area contributed by atoms with Gasteiger partial charge in [-0.25, -0.2) is 4.98 Å². The van der Waals surface area contributed by atoms with E-state index in [4.69, 9.17) is 9.47 Å². The topological polar surface area (TPSA) is 47.5 Å². The summed E-state index contributed by atoms with van der Waals surface area (Å²) in [5.41, 5.74) is 0.919. The number of nitrogens with zero attached hydrogens (tertiary/aromatic N) is 3.